The number of nitro groups is 1. The van der Waals surface area contributed by atoms with E-state index in [1.54, 1.807) is 61.5 Å². The first-order chi connectivity index (χ1) is 24.1. The van der Waals surface area contributed by atoms with Crippen LogP contribution in [0.1, 0.15) is 29.7 Å². The van der Waals surface area contributed by atoms with Crippen LogP contribution in [-0.4, -0.2) is 34.5 Å². The fraction of sp³-hybridized carbons (Fsp3) is 0.0833. The van der Waals surface area contributed by atoms with E-state index in [0.29, 0.717) is 43.1 Å². The van der Waals surface area contributed by atoms with E-state index in [-0.39, 0.29) is 27.3 Å². The highest BCUT2D eigenvalue weighted by molar-refractivity contribution is 7.90. The van der Waals surface area contributed by atoms with Crippen LogP contribution in [0.4, 0.5) is 5.69 Å². The lowest BCUT2D eigenvalue weighted by atomic mass is 9.93. The van der Waals surface area contributed by atoms with Crippen LogP contribution < -0.4 is 14.9 Å². The number of rotatable bonds is 8. The lowest BCUT2D eigenvalue weighted by Gasteiger charge is -2.25. The Hall–Kier alpha value is -5.63. The van der Waals surface area contributed by atoms with Gasteiger partial charge < -0.3 is 4.74 Å². The normalized spacial score (nSPS) is 14.8. The number of carbonyl (C=O) groups excluding carboxylic acids is 1. The quantitative estimate of drug-likeness (QED) is 0.112. The van der Waals surface area contributed by atoms with Gasteiger partial charge in [0.1, 0.15) is 0 Å². The summed E-state index contributed by atoms with van der Waals surface area (Å²) < 4.78 is 35.9. The molecule has 0 bridgehead atoms. The average Bonchev–Trinajstić information content (AvgIpc) is 3.65. The number of ether oxygens (including phenoxy) is 1. The summed E-state index contributed by atoms with van der Waals surface area (Å²) in [6.45, 7) is 1.80. The number of nitro benzene ring substituents is 1. The molecular weight excluding hydrogens is 700 g/mol. The number of esters is 1. The van der Waals surface area contributed by atoms with E-state index < -0.39 is 32.5 Å². The second-order valence-electron chi connectivity index (χ2n) is 11.1. The van der Waals surface area contributed by atoms with Gasteiger partial charge >= 0.3 is 5.97 Å². The van der Waals surface area contributed by atoms with E-state index in [0.717, 1.165) is 21.4 Å². The van der Waals surface area contributed by atoms with Crippen LogP contribution >= 0.6 is 22.9 Å². The molecule has 0 spiro atoms. The molecule has 50 heavy (non-hydrogen) atoms. The SMILES string of the molecule is CCOC(=O)C1=C(c2ccccc2)N=c2s/c(=C\c3cn(S(=O)(=O)c4cccc([N+](=O)[O-])c4)c4ccccc34)c(=O)n2[C@@H]1c1ccc(Cl)cc1. The Morgan fingerprint density at radius 3 is 2.46 bits per heavy atom. The molecule has 3 heterocycles. The zero-order valence-electron chi connectivity index (χ0n) is 26.1. The maximum Gasteiger partial charge on any atom is 0.338 e. The molecule has 0 aliphatic carbocycles. The lowest BCUT2D eigenvalue weighted by Crippen LogP contribution is -2.40. The van der Waals surface area contributed by atoms with Gasteiger partial charge in [0.15, 0.2) is 4.80 Å². The predicted molar refractivity (Wildman–Crippen MR) is 190 cm³/mol. The molecule has 1 aliphatic heterocycles. The number of hydrogen-bond donors (Lipinski definition) is 0. The van der Waals surface area contributed by atoms with E-state index in [1.165, 1.54) is 29.0 Å². The number of carbonyl (C=O) groups is 1. The summed E-state index contributed by atoms with van der Waals surface area (Å²) in [5.41, 5.74) is 1.70. The van der Waals surface area contributed by atoms with Crippen LogP contribution in [0.5, 0.6) is 0 Å². The molecular formula is C36H25ClN4O7S2. The molecule has 0 amide bonds. The molecule has 0 unspecified atom stereocenters. The first-order valence-corrected chi connectivity index (χ1v) is 17.9. The van der Waals surface area contributed by atoms with Gasteiger partial charge in [0.2, 0.25) is 0 Å². The fourth-order valence-electron chi connectivity index (χ4n) is 5.90. The van der Waals surface area contributed by atoms with Crippen molar-refractivity contribution in [3.8, 4) is 0 Å². The van der Waals surface area contributed by atoms with Crippen molar-refractivity contribution >= 4 is 67.3 Å². The van der Waals surface area contributed by atoms with Crippen molar-refractivity contribution in [2.75, 3.05) is 6.61 Å². The molecule has 6 aromatic rings. The summed E-state index contributed by atoms with van der Waals surface area (Å²) in [4.78, 5) is 43.7. The second-order valence-corrected chi connectivity index (χ2v) is 14.4. The van der Waals surface area contributed by atoms with E-state index in [4.69, 9.17) is 21.3 Å². The summed E-state index contributed by atoms with van der Waals surface area (Å²) in [6, 6.07) is 26.6. The van der Waals surface area contributed by atoms with Gasteiger partial charge in [-0.3, -0.25) is 19.5 Å². The molecule has 250 valence electrons. The Bertz CT molecular complexity index is 2660. The molecule has 0 saturated heterocycles. The van der Waals surface area contributed by atoms with Crippen molar-refractivity contribution in [3.63, 3.8) is 0 Å². The third-order valence-corrected chi connectivity index (χ3v) is 11.0. The van der Waals surface area contributed by atoms with Crippen LogP contribution in [0.3, 0.4) is 0 Å². The molecule has 1 aliphatic rings. The molecule has 0 fully saturated rings. The molecule has 0 radical (unpaired) electrons. The molecule has 4 aromatic carbocycles. The molecule has 11 nitrogen and oxygen atoms in total. The van der Waals surface area contributed by atoms with Crippen molar-refractivity contribution in [2.45, 2.75) is 17.9 Å². The minimum absolute atomic E-state index is 0.103. The van der Waals surface area contributed by atoms with Crippen LogP contribution in [0.25, 0.3) is 22.7 Å². The van der Waals surface area contributed by atoms with Crippen LogP contribution in [0, 0.1) is 10.1 Å². The van der Waals surface area contributed by atoms with E-state index in [2.05, 4.69) is 0 Å². The summed E-state index contributed by atoms with van der Waals surface area (Å²) in [5.74, 6) is -0.626. The highest BCUT2D eigenvalue weighted by atomic mass is 35.5. The van der Waals surface area contributed by atoms with Crippen LogP contribution in [0.15, 0.2) is 130 Å². The molecule has 0 saturated carbocycles. The van der Waals surface area contributed by atoms with Gasteiger partial charge in [-0.1, -0.05) is 89.7 Å². The molecule has 1 atom stereocenters. The Morgan fingerprint density at radius 1 is 1.02 bits per heavy atom. The summed E-state index contributed by atoms with van der Waals surface area (Å²) in [7, 11) is -4.29. The summed E-state index contributed by atoms with van der Waals surface area (Å²) in [5, 5.41) is 12.4. The first-order valence-electron chi connectivity index (χ1n) is 15.2. The number of nitrogens with zero attached hydrogens (tertiary/aromatic N) is 4. The van der Waals surface area contributed by atoms with Crippen molar-refractivity contribution in [1.29, 1.82) is 0 Å². The van der Waals surface area contributed by atoms with Gasteiger partial charge in [-0.25, -0.2) is 22.2 Å². The number of para-hydroxylation sites is 1. The van der Waals surface area contributed by atoms with E-state index in [1.807, 2.05) is 30.3 Å². The number of aromatic nitrogens is 2. The highest BCUT2D eigenvalue weighted by Gasteiger charge is 2.35. The van der Waals surface area contributed by atoms with Gasteiger partial charge in [-0.15, -0.1) is 0 Å². The second kappa shape index (κ2) is 13.0. The highest BCUT2D eigenvalue weighted by Crippen LogP contribution is 2.36. The van der Waals surface area contributed by atoms with Gasteiger partial charge in [-0.2, -0.15) is 0 Å². The largest absolute Gasteiger partial charge is 0.463 e. The van der Waals surface area contributed by atoms with Crippen LogP contribution in [0.2, 0.25) is 5.02 Å². The Morgan fingerprint density at radius 2 is 1.74 bits per heavy atom. The number of thiazole rings is 1. The minimum Gasteiger partial charge on any atom is -0.463 e. The third kappa shape index (κ3) is 5.74. The maximum atomic E-state index is 14.4. The first kappa shape index (κ1) is 32.9. The smallest absolute Gasteiger partial charge is 0.338 e. The van der Waals surface area contributed by atoms with Gasteiger partial charge in [0, 0.05) is 39.9 Å². The maximum absolute atomic E-state index is 14.4. The molecule has 0 N–H and O–H groups in total. The standard InChI is InChI=1S/C36H25ClN4O7S2/c1-2-48-35(43)31-32(22-9-4-3-5-10-22)38-36-40(33(31)23-15-17-25(37)18-16-23)34(42)30(49-36)19-24-21-39(29-14-7-6-13-28(24)29)50(46,47)27-12-8-11-26(20-27)41(44)45/h3-21,33H,2H2,1H3/b30-19-/t33-/m1/s1. The molecule has 7 rings (SSSR count). The van der Waals surface area contributed by atoms with Crippen molar-refractivity contribution in [1.82, 2.24) is 8.54 Å². The Balaban J connectivity index is 1.47. The molecule has 2 aromatic heterocycles. The minimum atomic E-state index is -4.29. The Labute approximate surface area is 293 Å². The fourth-order valence-corrected chi connectivity index (χ4v) is 8.44. The number of hydrogen-bond acceptors (Lipinski definition) is 9. The van der Waals surface area contributed by atoms with Crippen LogP contribution in [-0.2, 0) is 19.6 Å². The zero-order valence-corrected chi connectivity index (χ0v) is 28.5. The monoisotopic (exact) mass is 724 g/mol. The summed E-state index contributed by atoms with van der Waals surface area (Å²) in [6.07, 6.45) is 2.97. The van der Waals surface area contributed by atoms with Gasteiger partial charge in [-0.05, 0) is 42.8 Å². The van der Waals surface area contributed by atoms with Crippen molar-refractivity contribution in [3.05, 3.63) is 166 Å². The molecule has 14 heteroatoms. The van der Waals surface area contributed by atoms with Crippen molar-refractivity contribution in [2.24, 2.45) is 4.99 Å². The zero-order chi connectivity index (χ0) is 35.2. The van der Waals surface area contributed by atoms with E-state index in [9.17, 15) is 28.1 Å². The van der Waals surface area contributed by atoms with Gasteiger partial charge in [0.05, 0.1) is 43.8 Å². The predicted octanol–water partition coefficient (Wildman–Crippen LogP) is 5.69. The van der Waals surface area contributed by atoms with E-state index >= 15 is 0 Å². The third-order valence-electron chi connectivity index (χ3n) is 8.14. The number of fused-ring (bicyclic) bond motifs is 2. The van der Waals surface area contributed by atoms with Gasteiger partial charge in [0.25, 0.3) is 21.3 Å². The average molecular weight is 725 g/mol. The number of non-ortho nitro benzene ring substituents is 1. The topological polar surface area (TPSA) is 143 Å². The van der Waals surface area contributed by atoms with Crippen molar-refractivity contribution < 1.29 is 22.9 Å². The number of benzene rings is 4. The Kier molecular flexibility index (Phi) is 8.56. The summed E-state index contributed by atoms with van der Waals surface area (Å²) >= 11 is 7.32. The lowest BCUT2D eigenvalue weighted by molar-refractivity contribution is -0.385. The number of halogens is 1.